The molecule has 168 valence electrons. The second-order valence-corrected chi connectivity index (χ2v) is 9.16. The number of allylic oxidation sites excluding steroid dienone is 2. The van der Waals surface area contributed by atoms with Gasteiger partial charge in [0.15, 0.2) is 5.60 Å². The summed E-state index contributed by atoms with van der Waals surface area (Å²) in [7, 11) is 0. The van der Waals surface area contributed by atoms with Crippen LogP contribution in [0.1, 0.15) is 46.9 Å². The third-order valence-corrected chi connectivity index (χ3v) is 6.97. The van der Waals surface area contributed by atoms with Gasteiger partial charge in [-0.05, 0) is 53.7 Å². The molecule has 0 amide bonds. The lowest BCUT2D eigenvalue weighted by atomic mass is 9.68. The number of aromatic nitrogens is 2. The van der Waals surface area contributed by atoms with Crippen molar-refractivity contribution in [3.63, 3.8) is 0 Å². The van der Waals surface area contributed by atoms with Gasteiger partial charge in [-0.3, -0.25) is 0 Å². The Morgan fingerprint density at radius 3 is 2.69 bits per heavy atom. The Bertz CT molecular complexity index is 1160. The molecule has 7 heteroatoms. The van der Waals surface area contributed by atoms with E-state index in [2.05, 4.69) is 37.8 Å². The Morgan fingerprint density at radius 1 is 1.28 bits per heavy atom. The van der Waals surface area contributed by atoms with Crippen LogP contribution < -0.4 is 0 Å². The molecule has 0 saturated carbocycles. The van der Waals surface area contributed by atoms with Gasteiger partial charge in [-0.15, -0.1) is 0 Å². The van der Waals surface area contributed by atoms with Gasteiger partial charge in [0.2, 0.25) is 5.82 Å². The number of carbonyl (C=O) groups excluding carboxylic acids is 1. The molecule has 2 unspecified atom stereocenters. The highest BCUT2D eigenvalue weighted by Crippen LogP contribution is 2.45. The summed E-state index contributed by atoms with van der Waals surface area (Å²) in [5.41, 5.74) is 0.437. The molecular formula is C25H27FN2O4. The highest BCUT2D eigenvalue weighted by atomic mass is 19.1. The van der Waals surface area contributed by atoms with Crippen LogP contribution >= 0.6 is 0 Å². The Labute approximate surface area is 186 Å². The van der Waals surface area contributed by atoms with Crippen LogP contribution in [0, 0.1) is 17.2 Å². The lowest BCUT2D eigenvalue weighted by Crippen LogP contribution is -2.48. The molecule has 2 aliphatic rings. The quantitative estimate of drug-likeness (QED) is 0.670. The normalized spacial score (nSPS) is 24.2. The zero-order valence-corrected chi connectivity index (χ0v) is 18.8. The van der Waals surface area contributed by atoms with E-state index in [9.17, 15) is 14.3 Å². The predicted octanol–water partition coefficient (Wildman–Crippen LogP) is 4.87. The number of nitrogens with zero attached hydrogens (tertiary/aromatic N) is 2. The van der Waals surface area contributed by atoms with Gasteiger partial charge in [0.05, 0.1) is 5.56 Å². The number of aliphatic hydroxyl groups excluding tert-OH is 1. The lowest BCUT2D eigenvalue weighted by molar-refractivity contribution is -0.155. The Hall–Kier alpha value is -3.06. The molecule has 0 fully saturated rings. The second-order valence-electron chi connectivity index (χ2n) is 9.16. The summed E-state index contributed by atoms with van der Waals surface area (Å²) >= 11 is 0. The van der Waals surface area contributed by atoms with Crippen LogP contribution in [0.2, 0.25) is 0 Å². The molecule has 2 aromatic rings. The molecule has 1 aromatic heterocycles. The fourth-order valence-corrected chi connectivity index (χ4v) is 4.05. The number of hydrogen-bond acceptors (Lipinski definition) is 6. The van der Waals surface area contributed by atoms with E-state index in [1.807, 2.05) is 6.08 Å². The molecule has 4 rings (SSSR count). The van der Waals surface area contributed by atoms with Crippen molar-refractivity contribution in [1.29, 1.82) is 0 Å². The van der Waals surface area contributed by atoms with E-state index in [0.29, 0.717) is 11.5 Å². The summed E-state index contributed by atoms with van der Waals surface area (Å²) in [5.74, 6) is -0.839. The third kappa shape index (κ3) is 3.50. The van der Waals surface area contributed by atoms with Gasteiger partial charge in [-0.2, -0.15) is 4.98 Å². The highest BCUT2D eigenvalue weighted by Gasteiger charge is 2.47. The van der Waals surface area contributed by atoms with Crippen LogP contribution in [0.3, 0.4) is 0 Å². The molecule has 6 nitrogen and oxygen atoms in total. The molecule has 1 aromatic carbocycles. The first-order chi connectivity index (χ1) is 15.1. The van der Waals surface area contributed by atoms with E-state index in [0.717, 1.165) is 12.0 Å². The smallest absolute Gasteiger partial charge is 0.344 e. The predicted molar refractivity (Wildman–Crippen MR) is 118 cm³/mol. The Balaban J connectivity index is 1.76. The number of halogens is 1. The number of carbonyl (C=O) groups is 1. The van der Waals surface area contributed by atoms with E-state index in [1.54, 1.807) is 31.2 Å². The molecule has 0 saturated heterocycles. The van der Waals surface area contributed by atoms with Crippen LogP contribution in [-0.2, 0) is 9.53 Å². The number of benzene rings is 1. The Kier molecular flexibility index (Phi) is 5.41. The molecule has 2 heterocycles. The molecule has 32 heavy (non-hydrogen) atoms. The summed E-state index contributed by atoms with van der Waals surface area (Å²) in [5, 5.41) is 14.7. The van der Waals surface area contributed by atoms with Gasteiger partial charge in [0, 0.05) is 0 Å². The standard InChI is InChI=1S/C25H27FN2O4/c1-6-14(2)24(3,4)15-11-16-12-18(23(30)31-25(16,5)20(29)13-15)22-27-21(28-32-22)17-9-7-8-10-19(17)26/h7-14,20,29H,6H2,1-5H3/t14-,20?,25?/m1/s1. The van der Waals surface area contributed by atoms with Crippen molar-refractivity contribution in [3.05, 3.63) is 65.3 Å². The van der Waals surface area contributed by atoms with Crippen molar-refractivity contribution in [2.24, 2.45) is 11.3 Å². The van der Waals surface area contributed by atoms with E-state index >= 15 is 0 Å². The SMILES string of the molecule is CC[C@@H](C)C(C)(C)C1=CC(O)C2(C)OC(=O)C(c3nc(-c4ccccc4F)no3)=CC2=C1. The fourth-order valence-electron chi connectivity index (χ4n) is 4.05. The van der Waals surface area contributed by atoms with Crippen molar-refractivity contribution in [1.82, 2.24) is 10.1 Å². The van der Waals surface area contributed by atoms with Crippen LogP contribution in [-0.4, -0.2) is 32.9 Å². The average molecular weight is 438 g/mol. The minimum atomic E-state index is -1.22. The lowest BCUT2D eigenvalue weighted by Gasteiger charge is -2.43. The average Bonchev–Trinajstić information content (AvgIpc) is 3.23. The summed E-state index contributed by atoms with van der Waals surface area (Å²) in [4.78, 5) is 17.0. The monoisotopic (exact) mass is 438 g/mol. The molecule has 0 radical (unpaired) electrons. The summed E-state index contributed by atoms with van der Waals surface area (Å²) in [6.45, 7) is 10.3. The minimum Gasteiger partial charge on any atom is -0.448 e. The van der Waals surface area contributed by atoms with Gasteiger partial charge < -0.3 is 14.4 Å². The van der Waals surface area contributed by atoms with Gasteiger partial charge >= 0.3 is 5.97 Å². The third-order valence-electron chi connectivity index (χ3n) is 6.97. The van der Waals surface area contributed by atoms with Crippen molar-refractivity contribution in [2.75, 3.05) is 0 Å². The summed E-state index contributed by atoms with van der Waals surface area (Å²) in [6, 6.07) is 6.05. The van der Waals surface area contributed by atoms with E-state index < -0.39 is 23.5 Å². The number of rotatable bonds is 5. The van der Waals surface area contributed by atoms with Gasteiger partial charge in [0.25, 0.3) is 5.89 Å². The number of esters is 1. The van der Waals surface area contributed by atoms with Gasteiger partial charge in [0.1, 0.15) is 17.5 Å². The number of ether oxygens (including phenoxy) is 1. The Morgan fingerprint density at radius 2 is 2.00 bits per heavy atom. The molecular weight excluding hydrogens is 411 g/mol. The molecule has 1 aliphatic heterocycles. The fraction of sp³-hybridized carbons (Fsp3) is 0.400. The van der Waals surface area contributed by atoms with Crippen LogP contribution in [0.25, 0.3) is 17.0 Å². The van der Waals surface area contributed by atoms with Crippen molar-refractivity contribution in [3.8, 4) is 11.4 Å². The molecule has 1 N–H and O–H groups in total. The van der Waals surface area contributed by atoms with Gasteiger partial charge in [-0.1, -0.05) is 57.5 Å². The van der Waals surface area contributed by atoms with E-state index in [1.165, 1.54) is 12.1 Å². The van der Waals surface area contributed by atoms with Crippen molar-refractivity contribution < 1.29 is 23.6 Å². The maximum absolute atomic E-state index is 14.1. The largest absolute Gasteiger partial charge is 0.448 e. The van der Waals surface area contributed by atoms with Crippen LogP contribution in [0.5, 0.6) is 0 Å². The highest BCUT2D eigenvalue weighted by molar-refractivity contribution is 6.17. The minimum absolute atomic E-state index is 0.0382. The molecule has 0 spiro atoms. The first kappa shape index (κ1) is 22.1. The molecule has 3 atom stereocenters. The van der Waals surface area contributed by atoms with Gasteiger partial charge in [-0.25, -0.2) is 9.18 Å². The number of fused-ring (bicyclic) bond motifs is 1. The maximum atomic E-state index is 14.1. The first-order valence-electron chi connectivity index (χ1n) is 10.7. The van der Waals surface area contributed by atoms with E-state index in [4.69, 9.17) is 9.26 Å². The molecule has 1 aliphatic carbocycles. The maximum Gasteiger partial charge on any atom is 0.344 e. The van der Waals surface area contributed by atoms with Crippen molar-refractivity contribution in [2.45, 2.75) is 52.7 Å². The summed E-state index contributed by atoms with van der Waals surface area (Å²) in [6.07, 6.45) is 5.33. The zero-order valence-electron chi connectivity index (χ0n) is 18.8. The van der Waals surface area contributed by atoms with Crippen molar-refractivity contribution >= 4 is 11.5 Å². The number of aliphatic hydroxyl groups is 1. The number of hydrogen-bond donors (Lipinski definition) is 1. The van der Waals surface area contributed by atoms with Crippen LogP contribution in [0.4, 0.5) is 4.39 Å². The van der Waals surface area contributed by atoms with E-state index in [-0.39, 0.29) is 28.3 Å². The topological polar surface area (TPSA) is 85.5 Å². The van der Waals surface area contributed by atoms with Crippen LogP contribution in [0.15, 0.2) is 58.2 Å². The molecule has 0 bridgehead atoms. The summed E-state index contributed by atoms with van der Waals surface area (Å²) < 4.78 is 25.0. The zero-order chi connectivity index (χ0) is 23.3. The first-order valence-corrected chi connectivity index (χ1v) is 10.7. The second kappa shape index (κ2) is 7.81.